The highest BCUT2D eigenvalue weighted by Crippen LogP contribution is 2.27. The van der Waals surface area contributed by atoms with Gasteiger partial charge in [-0.1, -0.05) is 24.4 Å². The first kappa shape index (κ1) is 11.9. The van der Waals surface area contributed by atoms with Crippen LogP contribution in [0.4, 0.5) is 0 Å². The Kier molecular flexibility index (Phi) is 4.48. The molecule has 1 aromatic rings. The summed E-state index contributed by atoms with van der Waals surface area (Å²) in [5.41, 5.74) is 0.898. The van der Waals surface area contributed by atoms with E-state index in [9.17, 15) is 0 Å². The van der Waals surface area contributed by atoms with Gasteiger partial charge in [-0.2, -0.15) is 0 Å². The lowest BCUT2D eigenvalue weighted by molar-refractivity contribution is 0.406. The topological polar surface area (TPSA) is 21.3 Å². The third-order valence-electron chi connectivity index (χ3n) is 2.08. The van der Waals surface area contributed by atoms with Gasteiger partial charge in [0, 0.05) is 10.6 Å². The summed E-state index contributed by atoms with van der Waals surface area (Å²) in [7, 11) is 1.62. The quantitative estimate of drug-likeness (QED) is 0.793. The number of benzene rings is 1. The van der Waals surface area contributed by atoms with Crippen LogP contribution >= 0.6 is 11.6 Å². The summed E-state index contributed by atoms with van der Waals surface area (Å²) in [6, 6.07) is 5.26. The van der Waals surface area contributed by atoms with Crippen LogP contribution in [0.3, 0.4) is 0 Å². The molecule has 1 rings (SSSR count). The zero-order valence-electron chi connectivity index (χ0n) is 8.88. The normalized spacial score (nSPS) is 11.9. The van der Waals surface area contributed by atoms with Gasteiger partial charge in [-0.3, -0.25) is 0 Å². The van der Waals surface area contributed by atoms with Crippen LogP contribution in [-0.2, 0) is 0 Å². The third kappa shape index (κ3) is 2.89. The minimum atomic E-state index is -0.163. The summed E-state index contributed by atoms with van der Waals surface area (Å²) in [4.78, 5) is 0. The fourth-order valence-corrected chi connectivity index (χ4v) is 1.57. The molecule has 0 aliphatic carbocycles. The number of ether oxygens (including phenoxy) is 1. The minimum absolute atomic E-state index is 0.163. The maximum Gasteiger partial charge on any atom is 0.124 e. The molecule has 0 amide bonds. The van der Waals surface area contributed by atoms with Gasteiger partial charge in [-0.15, -0.1) is 6.42 Å². The predicted octanol–water partition coefficient (Wildman–Crippen LogP) is 2.63. The average Bonchev–Trinajstić information content (AvgIpc) is 2.26. The first-order valence-corrected chi connectivity index (χ1v) is 5.13. The van der Waals surface area contributed by atoms with Gasteiger partial charge >= 0.3 is 0 Å². The SMILES string of the molecule is C#CC(NCC)c1cc(Cl)ccc1OC. The Bertz CT molecular complexity index is 370. The Morgan fingerprint density at radius 2 is 2.33 bits per heavy atom. The monoisotopic (exact) mass is 223 g/mol. The molecular weight excluding hydrogens is 210 g/mol. The molecule has 15 heavy (non-hydrogen) atoms. The molecule has 0 aliphatic rings. The number of nitrogens with one attached hydrogen (secondary N) is 1. The largest absolute Gasteiger partial charge is 0.496 e. The molecule has 0 saturated heterocycles. The van der Waals surface area contributed by atoms with Crippen LogP contribution in [0.1, 0.15) is 18.5 Å². The minimum Gasteiger partial charge on any atom is -0.496 e. The number of hydrogen-bond donors (Lipinski definition) is 1. The van der Waals surface area contributed by atoms with Gasteiger partial charge in [0.2, 0.25) is 0 Å². The van der Waals surface area contributed by atoms with Gasteiger partial charge in [0.15, 0.2) is 0 Å². The van der Waals surface area contributed by atoms with Crippen LogP contribution in [-0.4, -0.2) is 13.7 Å². The molecule has 1 unspecified atom stereocenters. The van der Waals surface area contributed by atoms with Crippen molar-refractivity contribution in [3.8, 4) is 18.1 Å². The van der Waals surface area contributed by atoms with E-state index in [2.05, 4.69) is 11.2 Å². The maximum atomic E-state index is 5.92. The van der Waals surface area contributed by atoms with Crippen molar-refractivity contribution in [2.75, 3.05) is 13.7 Å². The predicted molar refractivity (Wildman–Crippen MR) is 63.3 cm³/mol. The van der Waals surface area contributed by atoms with E-state index in [1.54, 1.807) is 13.2 Å². The van der Waals surface area contributed by atoms with Gasteiger partial charge in [-0.25, -0.2) is 0 Å². The number of terminal acetylenes is 1. The van der Waals surface area contributed by atoms with Crippen LogP contribution in [0.2, 0.25) is 5.02 Å². The van der Waals surface area contributed by atoms with E-state index in [-0.39, 0.29) is 6.04 Å². The van der Waals surface area contributed by atoms with Crippen molar-refractivity contribution in [1.29, 1.82) is 0 Å². The number of hydrogen-bond acceptors (Lipinski definition) is 2. The zero-order valence-corrected chi connectivity index (χ0v) is 9.64. The molecule has 0 aromatic heterocycles. The molecule has 0 spiro atoms. The maximum absolute atomic E-state index is 5.92. The Morgan fingerprint density at radius 3 is 2.87 bits per heavy atom. The molecule has 1 atom stereocenters. The van der Waals surface area contributed by atoms with Crippen LogP contribution in [0.25, 0.3) is 0 Å². The number of rotatable bonds is 4. The summed E-state index contributed by atoms with van der Waals surface area (Å²) in [6.45, 7) is 2.80. The van der Waals surface area contributed by atoms with Crippen molar-refractivity contribution in [2.45, 2.75) is 13.0 Å². The van der Waals surface area contributed by atoms with Gasteiger partial charge in [0.05, 0.1) is 13.2 Å². The molecule has 0 fully saturated rings. The summed E-state index contributed by atoms with van der Waals surface area (Å²) in [6.07, 6.45) is 5.45. The van der Waals surface area contributed by atoms with E-state index in [0.717, 1.165) is 17.9 Å². The second kappa shape index (κ2) is 5.65. The fraction of sp³-hybridized carbons (Fsp3) is 0.333. The summed E-state index contributed by atoms with van der Waals surface area (Å²) < 4.78 is 5.24. The molecular formula is C12H14ClNO. The Hall–Kier alpha value is -1.17. The smallest absolute Gasteiger partial charge is 0.124 e. The van der Waals surface area contributed by atoms with Crippen LogP contribution < -0.4 is 10.1 Å². The summed E-state index contributed by atoms with van der Waals surface area (Å²) in [5.74, 6) is 3.42. The Labute approximate surface area is 95.6 Å². The molecule has 0 heterocycles. The van der Waals surface area contributed by atoms with Crippen LogP contribution in [0, 0.1) is 12.3 Å². The third-order valence-corrected chi connectivity index (χ3v) is 2.31. The first-order valence-electron chi connectivity index (χ1n) is 4.75. The van der Waals surface area contributed by atoms with Gasteiger partial charge in [0.25, 0.3) is 0 Å². The highest BCUT2D eigenvalue weighted by molar-refractivity contribution is 6.30. The van der Waals surface area contributed by atoms with Gasteiger partial charge in [-0.05, 0) is 24.7 Å². The molecule has 1 N–H and O–H groups in total. The van der Waals surface area contributed by atoms with E-state index >= 15 is 0 Å². The highest BCUT2D eigenvalue weighted by atomic mass is 35.5. The lowest BCUT2D eigenvalue weighted by Crippen LogP contribution is -2.19. The Balaban J connectivity index is 3.09. The fourth-order valence-electron chi connectivity index (χ4n) is 1.39. The highest BCUT2D eigenvalue weighted by Gasteiger charge is 2.12. The van der Waals surface area contributed by atoms with Crippen LogP contribution in [0.5, 0.6) is 5.75 Å². The molecule has 2 nitrogen and oxygen atoms in total. The van der Waals surface area contributed by atoms with E-state index in [1.807, 2.05) is 19.1 Å². The molecule has 0 saturated carbocycles. The van der Waals surface area contributed by atoms with E-state index in [4.69, 9.17) is 22.8 Å². The van der Waals surface area contributed by atoms with Crippen molar-refractivity contribution in [2.24, 2.45) is 0 Å². The average molecular weight is 224 g/mol. The number of halogens is 1. The van der Waals surface area contributed by atoms with E-state index < -0.39 is 0 Å². The van der Waals surface area contributed by atoms with E-state index in [0.29, 0.717) is 5.02 Å². The van der Waals surface area contributed by atoms with Gasteiger partial charge < -0.3 is 10.1 Å². The van der Waals surface area contributed by atoms with Gasteiger partial charge in [0.1, 0.15) is 5.75 Å². The lowest BCUT2D eigenvalue weighted by Gasteiger charge is -2.15. The lowest BCUT2D eigenvalue weighted by atomic mass is 10.1. The van der Waals surface area contributed by atoms with Crippen molar-refractivity contribution in [1.82, 2.24) is 5.32 Å². The van der Waals surface area contributed by atoms with E-state index in [1.165, 1.54) is 0 Å². The molecule has 0 bridgehead atoms. The molecule has 0 radical (unpaired) electrons. The van der Waals surface area contributed by atoms with Crippen molar-refractivity contribution in [3.63, 3.8) is 0 Å². The number of methoxy groups -OCH3 is 1. The van der Waals surface area contributed by atoms with Crippen LogP contribution in [0.15, 0.2) is 18.2 Å². The molecule has 80 valence electrons. The zero-order chi connectivity index (χ0) is 11.3. The Morgan fingerprint density at radius 1 is 1.60 bits per heavy atom. The molecule has 1 aromatic carbocycles. The first-order chi connectivity index (χ1) is 7.22. The molecule has 0 aliphatic heterocycles. The second-order valence-corrected chi connectivity index (χ2v) is 3.48. The molecule has 3 heteroatoms. The van der Waals surface area contributed by atoms with Crippen molar-refractivity contribution in [3.05, 3.63) is 28.8 Å². The second-order valence-electron chi connectivity index (χ2n) is 3.04. The summed E-state index contributed by atoms with van der Waals surface area (Å²) in [5, 5.41) is 3.83. The van der Waals surface area contributed by atoms with Crippen molar-refractivity contribution < 1.29 is 4.74 Å². The summed E-state index contributed by atoms with van der Waals surface area (Å²) >= 11 is 5.92. The standard InChI is InChI=1S/C12H14ClNO/c1-4-11(14-5-2)10-8-9(13)6-7-12(10)15-3/h1,6-8,11,14H,5H2,2-3H3. The van der Waals surface area contributed by atoms with Crippen molar-refractivity contribution >= 4 is 11.6 Å².